The number of rotatable bonds is 2. The van der Waals surface area contributed by atoms with Crippen LogP contribution in [0, 0.1) is 6.07 Å². The molecule has 1 nitrogen and oxygen atoms in total. The SMILES string of the molecule is [c]1ccc(N2C=CC(c3ccccc3)=C3CC=CC=C32)cc1. The van der Waals surface area contributed by atoms with Gasteiger partial charge in [0.25, 0.3) is 0 Å². The van der Waals surface area contributed by atoms with Crippen molar-refractivity contribution in [2.24, 2.45) is 0 Å². The average molecular weight is 282 g/mol. The Morgan fingerprint density at radius 3 is 2.59 bits per heavy atom. The first kappa shape index (κ1) is 12.9. The largest absolute Gasteiger partial charge is 0.317 e. The van der Waals surface area contributed by atoms with Crippen molar-refractivity contribution in [3.63, 3.8) is 0 Å². The van der Waals surface area contributed by atoms with Gasteiger partial charge in [0.1, 0.15) is 0 Å². The van der Waals surface area contributed by atoms with E-state index in [1.165, 1.54) is 28.1 Å². The maximum atomic E-state index is 3.08. The minimum absolute atomic E-state index is 0.968. The van der Waals surface area contributed by atoms with Crippen LogP contribution in [0.15, 0.2) is 96.4 Å². The van der Waals surface area contributed by atoms with E-state index in [-0.39, 0.29) is 0 Å². The summed E-state index contributed by atoms with van der Waals surface area (Å²) in [4.78, 5) is 2.25. The first-order chi connectivity index (χ1) is 10.9. The Bertz CT molecular complexity index is 792. The van der Waals surface area contributed by atoms with Gasteiger partial charge >= 0.3 is 0 Å². The van der Waals surface area contributed by atoms with Crippen LogP contribution in [0.1, 0.15) is 12.0 Å². The molecule has 1 aliphatic carbocycles. The average Bonchev–Trinajstić information content (AvgIpc) is 2.62. The summed E-state index contributed by atoms with van der Waals surface area (Å²) in [6, 6.07) is 21.8. The van der Waals surface area contributed by atoms with Crippen LogP contribution in [0.4, 0.5) is 5.69 Å². The Morgan fingerprint density at radius 2 is 1.77 bits per heavy atom. The maximum Gasteiger partial charge on any atom is 0.0496 e. The Morgan fingerprint density at radius 1 is 0.955 bits per heavy atom. The molecule has 0 unspecified atom stereocenters. The molecule has 0 spiro atoms. The summed E-state index contributed by atoms with van der Waals surface area (Å²) in [5.41, 5.74) is 6.39. The van der Waals surface area contributed by atoms with E-state index in [0.717, 1.165) is 6.42 Å². The molecular weight excluding hydrogens is 266 g/mol. The molecule has 0 aromatic heterocycles. The Hall–Kier alpha value is -2.80. The molecule has 1 heteroatoms. The second-order valence-corrected chi connectivity index (χ2v) is 5.39. The first-order valence-corrected chi connectivity index (χ1v) is 7.53. The van der Waals surface area contributed by atoms with E-state index in [4.69, 9.17) is 0 Å². The lowest BCUT2D eigenvalue weighted by Crippen LogP contribution is -2.21. The molecule has 4 rings (SSSR count). The topological polar surface area (TPSA) is 3.24 Å². The highest BCUT2D eigenvalue weighted by molar-refractivity contribution is 5.85. The molecule has 1 heterocycles. The van der Waals surface area contributed by atoms with E-state index < -0.39 is 0 Å². The normalized spacial score (nSPS) is 16.5. The minimum Gasteiger partial charge on any atom is -0.317 e. The van der Waals surface area contributed by atoms with Crippen LogP contribution in [-0.2, 0) is 0 Å². The maximum absolute atomic E-state index is 3.08. The van der Waals surface area contributed by atoms with Gasteiger partial charge in [-0.1, -0.05) is 54.6 Å². The van der Waals surface area contributed by atoms with Gasteiger partial charge in [-0.15, -0.1) is 0 Å². The van der Waals surface area contributed by atoms with E-state index in [1.54, 1.807) is 0 Å². The van der Waals surface area contributed by atoms with Crippen LogP contribution >= 0.6 is 0 Å². The van der Waals surface area contributed by atoms with Gasteiger partial charge in [-0.3, -0.25) is 0 Å². The van der Waals surface area contributed by atoms with Crippen LogP contribution in [0.5, 0.6) is 0 Å². The smallest absolute Gasteiger partial charge is 0.0496 e. The van der Waals surface area contributed by atoms with Gasteiger partial charge in [0.05, 0.1) is 0 Å². The van der Waals surface area contributed by atoms with E-state index in [1.807, 2.05) is 12.1 Å². The molecule has 2 aliphatic rings. The van der Waals surface area contributed by atoms with Crippen molar-refractivity contribution in [3.8, 4) is 0 Å². The van der Waals surface area contributed by atoms with Gasteiger partial charge in [-0.2, -0.15) is 0 Å². The highest BCUT2D eigenvalue weighted by atomic mass is 15.1. The molecule has 105 valence electrons. The van der Waals surface area contributed by atoms with Crippen molar-refractivity contribution in [2.75, 3.05) is 4.90 Å². The standard InChI is InChI=1S/C21H16N/c1-3-9-17(10-4-1)19-15-16-22(18-11-5-2-6-12-18)21-14-8-7-13-20(19)21/h1,3-12,14-16H,13H2. The van der Waals surface area contributed by atoms with Gasteiger partial charge in [0, 0.05) is 17.6 Å². The highest BCUT2D eigenvalue weighted by Crippen LogP contribution is 2.37. The number of fused-ring (bicyclic) bond motifs is 1. The molecule has 0 saturated carbocycles. The molecule has 22 heavy (non-hydrogen) atoms. The van der Waals surface area contributed by atoms with Crippen molar-refractivity contribution in [2.45, 2.75) is 6.42 Å². The zero-order valence-electron chi connectivity index (χ0n) is 12.2. The third-order valence-electron chi connectivity index (χ3n) is 4.06. The molecule has 0 amide bonds. The summed E-state index contributed by atoms with van der Waals surface area (Å²) in [7, 11) is 0. The Kier molecular flexibility index (Phi) is 3.24. The molecular formula is C21H16N. The molecule has 2 aromatic rings. The molecule has 0 saturated heterocycles. The molecule has 2 aromatic carbocycles. The molecule has 0 N–H and O–H groups in total. The predicted molar refractivity (Wildman–Crippen MR) is 92.1 cm³/mol. The van der Waals surface area contributed by atoms with Crippen LogP contribution in [0.2, 0.25) is 0 Å². The molecule has 1 radical (unpaired) electrons. The number of benzene rings is 2. The summed E-state index contributed by atoms with van der Waals surface area (Å²) < 4.78 is 0. The zero-order chi connectivity index (χ0) is 14.8. The van der Waals surface area contributed by atoms with Crippen LogP contribution in [-0.4, -0.2) is 0 Å². The van der Waals surface area contributed by atoms with Crippen molar-refractivity contribution < 1.29 is 0 Å². The summed E-state index contributed by atoms with van der Waals surface area (Å²) in [6.45, 7) is 0. The van der Waals surface area contributed by atoms with Gasteiger partial charge in [-0.05, 0) is 53.5 Å². The monoisotopic (exact) mass is 282 g/mol. The second kappa shape index (κ2) is 5.53. The summed E-state index contributed by atoms with van der Waals surface area (Å²) in [5, 5.41) is 0. The second-order valence-electron chi connectivity index (χ2n) is 5.39. The first-order valence-electron chi connectivity index (χ1n) is 7.53. The number of hydrogen-bond acceptors (Lipinski definition) is 1. The van der Waals surface area contributed by atoms with E-state index in [0.29, 0.717) is 0 Å². The molecule has 0 atom stereocenters. The summed E-state index contributed by atoms with van der Waals surface area (Å²) in [5.74, 6) is 0. The van der Waals surface area contributed by atoms with Gasteiger partial charge < -0.3 is 4.90 Å². The van der Waals surface area contributed by atoms with E-state index in [2.05, 4.69) is 83.9 Å². The van der Waals surface area contributed by atoms with E-state index in [9.17, 15) is 0 Å². The number of allylic oxidation sites excluding steroid dienone is 6. The number of anilines is 1. The predicted octanol–water partition coefficient (Wildman–Crippen LogP) is 5.12. The third kappa shape index (κ3) is 2.21. The molecule has 0 bridgehead atoms. The van der Waals surface area contributed by atoms with E-state index >= 15 is 0 Å². The fraction of sp³-hybridized carbons (Fsp3) is 0.0476. The summed E-state index contributed by atoms with van der Waals surface area (Å²) in [6.07, 6.45) is 11.9. The van der Waals surface area contributed by atoms with Crippen molar-refractivity contribution in [1.82, 2.24) is 0 Å². The lowest BCUT2D eigenvalue weighted by Gasteiger charge is -2.31. The fourth-order valence-corrected chi connectivity index (χ4v) is 3.01. The summed E-state index contributed by atoms with van der Waals surface area (Å²) >= 11 is 0. The van der Waals surface area contributed by atoms with Crippen molar-refractivity contribution in [1.29, 1.82) is 0 Å². The lowest BCUT2D eigenvalue weighted by atomic mass is 9.90. The Labute approximate surface area is 131 Å². The number of hydrogen-bond donors (Lipinski definition) is 0. The third-order valence-corrected chi connectivity index (χ3v) is 4.06. The fourth-order valence-electron chi connectivity index (χ4n) is 3.01. The van der Waals surface area contributed by atoms with Crippen molar-refractivity contribution in [3.05, 3.63) is 108 Å². The van der Waals surface area contributed by atoms with Gasteiger partial charge in [-0.25, -0.2) is 0 Å². The van der Waals surface area contributed by atoms with Gasteiger partial charge in [0.15, 0.2) is 0 Å². The highest BCUT2D eigenvalue weighted by Gasteiger charge is 2.21. The minimum atomic E-state index is 0.968. The molecule has 0 fully saturated rings. The molecule has 1 aliphatic heterocycles. The Balaban J connectivity index is 1.82. The lowest BCUT2D eigenvalue weighted by molar-refractivity contribution is 1.07. The van der Waals surface area contributed by atoms with Crippen molar-refractivity contribution >= 4 is 11.3 Å². The quantitative estimate of drug-likeness (QED) is 0.739. The van der Waals surface area contributed by atoms with Crippen LogP contribution in [0.25, 0.3) is 5.57 Å². The number of nitrogens with zero attached hydrogens (tertiary/aromatic N) is 1. The van der Waals surface area contributed by atoms with Crippen LogP contribution in [0.3, 0.4) is 0 Å². The zero-order valence-corrected chi connectivity index (χ0v) is 12.2. The van der Waals surface area contributed by atoms with Crippen LogP contribution < -0.4 is 4.90 Å². The van der Waals surface area contributed by atoms with Gasteiger partial charge in [0.2, 0.25) is 0 Å².